The van der Waals surface area contributed by atoms with Gasteiger partial charge in [-0.1, -0.05) is 18.2 Å². The van der Waals surface area contributed by atoms with Crippen LogP contribution < -0.4 is 11.3 Å². The minimum Gasteiger partial charge on any atom is -0.305 e. The monoisotopic (exact) mass is 274 g/mol. The maximum absolute atomic E-state index is 13.3. The van der Waals surface area contributed by atoms with Gasteiger partial charge in [-0.25, -0.2) is 19.6 Å². The standard InChI is InChI=1S/C14H12F2N4/c15-10-6-5-9(7-11(10)16)8-20-13-4-2-1-3-12(13)18-14(20)19-17/h1-7H,8,17H2,(H,18,19). The van der Waals surface area contributed by atoms with Gasteiger partial charge in [0.25, 0.3) is 0 Å². The molecule has 3 aromatic rings. The normalized spacial score (nSPS) is 10.9. The molecule has 0 radical (unpaired) electrons. The smallest absolute Gasteiger partial charge is 0.218 e. The number of hydrogen-bond donors (Lipinski definition) is 2. The fourth-order valence-corrected chi connectivity index (χ4v) is 2.17. The molecule has 0 bridgehead atoms. The van der Waals surface area contributed by atoms with Crippen molar-refractivity contribution in [3.63, 3.8) is 0 Å². The Morgan fingerprint density at radius 2 is 1.90 bits per heavy atom. The highest BCUT2D eigenvalue weighted by molar-refractivity contribution is 5.78. The topological polar surface area (TPSA) is 55.9 Å². The molecule has 0 fully saturated rings. The Morgan fingerprint density at radius 3 is 2.65 bits per heavy atom. The van der Waals surface area contributed by atoms with E-state index >= 15 is 0 Å². The molecule has 0 aliphatic rings. The second-order valence-electron chi connectivity index (χ2n) is 4.40. The molecule has 3 rings (SSSR count). The van der Waals surface area contributed by atoms with Gasteiger partial charge < -0.3 is 4.57 Å². The minimum absolute atomic E-state index is 0.344. The number of nitrogens with two attached hydrogens (primary N) is 1. The van der Waals surface area contributed by atoms with Gasteiger partial charge in [0.1, 0.15) is 0 Å². The zero-order valence-electron chi connectivity index (χ0n) is 10.5. The van der Waals surface area contributed by atoms with Crippen LogP contribution in [0.3, 0.4) is 0 Å². The lowest BCUT2D eigenvalue weighted by Crippen LogP contribution is -2.14. The van der Waals surface area contributed by atoms with Crippen molar-refractivity contribution < 1.29 is 8.78 Å². The Morgan fingerprint density at radius 1 is 1.10 bits per heavy atom. The summed E-state index contributed by atoms with van der Waals surface area (Å²) >= 11 is 0. The van der Waals surface area contributed by atoms with E-state index in [9.17, 15) is 8.78 Å². The van der Waals surface area contributed by atoms with Gasteiger partial charge in [-0.05, 0) is 29.8 Å². The van der Waals surface area contributed by atoms with Crippen molar-refractivity contribution in [3.05, 3.63) is 59.7 Å². The van der Waals surface area contributed by atoms with Crippen LogP contribution in [0.1, 0.15) is 5.56 Å². The summed E-state index contributed by atoms with van der Waals surface area (Å²) in [5.74, 6) is 4.20. The third-order valence-electron chi connectivity index (χ3n) is 3.11. The quantitative estimate of drug-likeness (QED) is 0.570. The van der Waals surface area contributed by atoms with Crippen molar-refractivity contribution in [2.45, 2.75) is 6.54 Å². The number of anilines is 1. The van der Waals surface area contributed by atoms with Crippen LogP contribution >= 0.6 is 0 Å². The number of halogens is 2. The Bertz CT molecular complexity index is 767. The summed E-state index contributed by atoms with van der Waals surface area (Å²) in [6.07, 6.45) is 0. The van der Waals surface area contributed by atoms with Crippen LogP contribution in [0, 0.1) is 11.6 Å². The largest absolute Gasteiger partial charge is 0.305 e. The molecule has 0 saturated carbocycles. The maximum Gasteiger partial charge on any atom is 0.218 e. The highest BCUT2D eigenvalue weighted by atomic mass is 19.2. The van der Waals surface area contributed by atoms with Gasteiger partial charge in [-0.2, -0.15) is 0 Å². The van der Waals surface area contributed by atoms with Gasteiger partial charge >= 0.3 is 0 Å². The number of aromatic nitrogens is 2. The predicted octanol–water partition coefficient (Wildman–Crippen LogP) is 2.65. The second kappa shape index (κ2) is 4.90. The molecule has 2 aromatic carbocycles. The first-order valence-corrected chi connectivity index (χ1v) is 6.05. The van der Waals surface area contributed by atoms with Crippen molar-refractivity contribution in [3.8, 4) is 0 Å². The number of benzene rings is 2. The van der Waals surface area contributed by atoms with Crippen molar-refractivity contribution >= 4 is 17.0 Å². The van der Waals surface area contributed by atoms with Crippen LogP contribution in [0.5, 0.6) is 0 Å². The van der Waals surface area contributed by atoms with E-state index in [1.165, 1.54) is 12.1 Å². The average molecular weight is 274 g/mol. The molecule has 1 heterocycles. The fourth-order valence-electron chi connectivity index (χ4n) is 2.17. The van der Waals surface area contributed by atoms with E-state index in [1.54, 1.807) is 0 Å². The van der Waals surface area contributed by atoms with Gasteiger partial charge in [0, 0.05) is 0 Å². The van der Waals surface area contributed by atoms with E-state index in [-0.39, 0.29) is 0 Å². The minimum atomic E-state index is -0.867. The molecule has 0 aliphatic carbocycles. The number of nitrogens with one attached hydrogen (secondary N) is 1. The zero-order valence-corrected chi connectivity index (χ0v) is 10.5. The molecule has 0 spiro atoms. The van der Waals surface area contributed by atoms with E-state index in [0.717, 1.165) is 17.1 Å². The summed E-state index contributed by atoms with van der Waals surface area (Å²) in [5, 5.41) is 0. The second-order valence-corrected chi connectivity index (χ2v) is 4.40. The van der Waals surface area contributed by atoms with Crippen LogP contribution in [0.2, 0.25) is 0 Å². The summed E-state index contributed by atoms with van der Waals surface area (Å²) in [6.45, 7) is 0.344. The van der Waals surface area contributed by atoms with Gasteiger partial charge in [-0.15, -0.1) is 0 Å². The summed E-state index contributed by atoms with van der Waals surface area (Å²) in [7, 11) is 0. The maximum atomic E-state index is 13.3. The van der Waals surface area contributed by atoms with Crippen molar-refractivity contribution in [2.24, 2.45) is 5.84 Å². The summed E-state index contributed by atoms with van der Waals surface area (Å²) < 4.78 is 28.0. The molecule has 4 nitrogen and oxygen atoms in total. The van der Waals surface area contributed by atoms with E-state index in [4.69, 9.17) is 5.84 Å². The summed E-state index contributed by atoms with van der Waals surface area (Å²) in [6, 6.07) is 11.3. The first-order chi connectivity index (χ1) is 9.69. The van der Waals surface area contributed by atoms with E-state index in [2.05, 4.69) is 10.4 Å². The van der Waals surface area contributed by atoms with Crippen molar-refractivity contribution in [1.82, 2.24) is 9.55 Å². The number of nitrogens with zero attached hydrogens (tertiary/aromatic N) is 2. The molecule has 102 valence electrons. The lowest BCUT2D eigenvalue weighted by atomic mass is 10.2. The Labute approximate surface area is 113 Å². The number of para-hydroxylation sites is 2. The number of nitrogen functional groups attached to an aromatic ring is 1. The average Bonchev–Trinajstić information content (AvgIpc) is 2.81. The highest BCUT2D eigenvalue weighted by Gasteiger charge is 2.11. The first-order valence-electron chi connectivity index (χ1n) is 6.05. The van der Waals surface area contributed by atoms with Gasteiger partial charge in [0.15, 0.2) is 11.6 Å². The third-order valence-corrected chi connectivity index (χ3v) is 3.11. The van der Waals surface area contributed by atoms with Crippen LogP contribution in [0.25, 0.3) is 11.0 Å². The molecule has 6 heteroatoms. The molecule has 0 unspecified atom stereocenters. The van der Waals surface area contributed by atoms with Crippen molar-refractivity contribution in [2.75, 3.05) is 5.43 Å². The third kappa shape index (κ3) is 2.10. The summed E-state index contributed by atoms with van der Waals surface area (Å²) in [4.78, 5) is 4.33. The van der Waals surface area contributed by atoms with Gasteiger partial charge in [0.05, 0.1) is 17.6 Å². The lowest BCUT2D eigenvalue weighted by Gasteiger charge is -2.08. The Hall–Kier alpha value is -2.47. The summed E-state index contributed by atoms with van der Waals surface area (Å²) in [5.41, 5.74) is 4.79. The van der Waals surface area contributed by atoms with Gasteiger partial charge in [0.2, 0.25) is 5.95 Å². The molecule has 3 N–H and O–H groups in total. The molecular weight excluding hydrogens is 262 g/mol. The molecule has 0 amide bonds. The van der Waals surface area contributed by atoms with Crippen LogP contribution in [-0.2, 0) is 6.54 Å². The number of imidazole rings is 1. The molecule has 0 saturated heterocycles. The Kier molecular flexibility index (Phi) is 3.08. The van der Waals surface area contributed by atoms with Crippen LogP contribution in [0.15, 0.2) is 42.5 Å². The number of rotatable bonds is 3. The van der Waals surface area contributed by atoms with Crippen molar-refractivity contribution in [1.29, 1.82) is 0 Å². The Balaban J connectivity index is 2.07. The van der Waals surface area contributed by atoms with E-state index in [0.29, 0.717) is 18.1 Å². The molecule has 0 atom stereocenters. The predicted molar refractivity (Wildman–Crippen MR) is 73.0 cm³/mol. The fraction of sp³-hybridized carbons (Fsp3) is 0.0714. The molecule has 1 aromatic heterocycles. The molecule has 0 aliphatic heterocycles. The van der Waals surface area contributed by atoms with E-state index in [1.807, 2.05) is 28.8 Å². The number of hydrazine groups is 1. The zero-order chi connectivity index (χ0) is 14.1. The number of hydrogen-bond acceptors (Lipinski definition) is 3. The molecule has 20 heavy (non-hydrogen) atoms. The van der Waals surface area contributed by atoms with E-state index < -0.39 is 11.6 Å². The first kappa shape index (κ1) is 12.6. The highest BCUT2D eigenvalue weighted by Crippen LogP contribution is 2.21. The molecular formula is C14H12F2N4. The lowest BCUT2D eigenvalue weighted by molar-refractivity contribution is 0.506. The van der Waals surface area contributed by atoms with Crippen LogP contribution in [0.4, 0.5) is 14.7 Å². The number of fused-ring (bicyclic) bond motifs is 1. The van der Waals surface area contributed by atoms with Crippen LogP contribution in [-0.4, -0.2) is 9.55 Å². The van der Waals surface area contributed by atoms with Gasteiger partial charge in [-0.3, -0.25) is 5.43 Å². The SMILES string of the molecule is NNc1nc2ccccc2n1Cc1ccc(F)c(F)c1.